The van der Waals surface area contributed by atoms with Gasteiger partial charge in [0.25, 0.3) is 0 Å². The number of anilines is 1. The first-order valence-corrected chi connectivity index (χ1v) is 6.77. The lowest BCUT2D eigenvalue weighted by molar-refractivity contribution is 0.0474. The second kappa shape index (κ2) is 6.35. The zero-order valence-corrected chi connectivity index (χ0v) is 12.5. The summed E-state index contributed by atoms with van der Waals surface area (Å²) in [6.45, 7) is 0.0142. The summed E-state index contributed by atoms with van der Waals surface area (Å²) in [6, 6.07) is 9.69. The van der Waals surface area contributed by atoms with Gasteiger partial charge in [0.2, 0.25) is 0 Å². The molecule has 2 rings (SSSR count). The topological polar surface area (TPSA) is 52.3 Å². The molecule has 0 aromatic heterocycles. The predicted octanol–water partition coefficient (Wildman–Crippen LogP) is 4.59. The minimum absolute atomic E-state index is 0.0142. The summed E-state index contributed by atoms with van der Waals surface area (Å²) in [6.07, 6.45) is 0. The first-order chi connectivity index (χ1) is 9.49. The molecule has 2 aromatic rings. The predicted molar refractivity (Wildman–Crippen MR) is 81.4 cm³/mol. The Morgan fingerprint density at radius 1 is 1.15 bits per heavy atom. The summed E-state index contributed by atoms with van der Waals surface area (Å²) in [5, 5.41) is 1.23. The number of nitrogens with two attached hydrogens (primary N) is 1. The van der Waals surface area contributed by atoms with Gasteiger partial charge in [-0.25, -0.2) is 4.79 Å². The highest BCUT2D eigenvalue weighted by atomic mass is 35.5. The summed E-state index contributed by atoms with van der Waals surface area (Å²) >= 11 is 17.7. The molecule has 0 heterocycles. The van der Waals surface area contributed by atoms with Crippen molar-refractivity contribution in [1.82, 2.24) is 0 Å². The Morgan fingerprint density at radius 3 is 2.60 bits per heavy atom. The van der Waals surface area contributed by atoms with Crippen molar-refractivity contribution in [2.24, 2.45) is 0 Å². The number of carbonyl (C=O) groups is 1. The normalized spacial score (nSPS) is 10.3. The molecule has 0 spiro atoms. The Bertz CT molecular complexity index is 659. The van der Waals surface area contributed by atoms with Crippen LogP contribution < -0.4 is 5.73 Å². The standard InChI is InChI=1S/C14H10Cl3NO2/c15-9-4-5-10(12(18)6-9)14(19)20-7-8-2-1-3-11(16)13(8)17/h1-6H,7,18H2. The van der Waals surface area contributed by atoms with Crippen LogP contribution in [0.3, 0.4) is 0 Å². The Labute approximate surface area is 131 Å². The Kier molecular flexibility index (Phi) is 4.76. The molecule has 0 unspecified atom stereocenters. The van der Waals surface area contributed by atoms with Crippen LogP contribution in [0.15, 0.2) is 36.4 Å². The van der Waals surface area contributed by atoms with E-state index in [1.165, 1.54) is 12.1 Å². The third-order valence-electron chi connectivity index (χ3n) is 2.62. The lowest BCUT2D eigenvalue weighted by Crippen LogP contribution is -2.08. The fourth-order valence-corrected chi connectivity index (χ4v) is 2.16. The van der Waals surface area contributed by atoms with Crippen LogP contribution in [0.25, 0.3) is 0 Å². The molecule has 6 heteroatoms. The number of hydrogen-bond donors (Lipinski definition) is 1. The molecule has 0 saturated carbocycles. The van der Waals surface area contributed by atoms with E-state index in [0.29, 0.717) is 20.6 Å². The molecule has 0 radical (unpaired) electrons. The largest absolute Gasteiger partial charge is 0.457 e. The molecule has 0 fully saturated rings. The molecule has 2 N–H and O–H groups in total. The Hall–Kier alpha value is -1.42. The highest BCUT2D eigenvalue weighted by Crippen LogP contribution is 2.26. The van der Waals surface area contributed by atoms with E-state index in [1.807, 2.05) is 0 Å². The maximum absolute atomic E-state index is 11.9. The van der Waals surface area contributed by atoms with Crippen molar-refractivity contribution in [3.8, 4) is 0 Å². The number of esters is 1. The molecule has 0 aliphatic carbocycles. The van der Waals surface area contributed by atoms with E-state index in [9.17, 15) is 4.79 Å². The molecular formula is C14H10Cl3NO2. The average Bonchev–Trinajstić information content (AvgIpc) is 2.40. The van der Waals surface area contributed by atoms with Crippen molar-refractivity contribution in [2.75, 3.05) is 5.73 Å². The van der Waals surface area contributed by atoms with Gasteiger partial charge in [-0.3, -0.25) is 0 Å². The van der Waals surface area contributed by atoms with Crippen LogP contribution in [-0.4, -0.2) is 5.97 Å². The molecule has 0 amide bonds. The van der Waals surface area contributed by atoms with Gasteiger partial charge in [-0.1, -0.05) is 46.9 Å². The van der Waals surface area contributed by atoms with Crippen molar-refractivity contribution in [3.05, 3.63) is 62.6 Å². The third-order valence-corrected chi connectivity index (χ3v) is 3.72. The van der Waals surface area contributed by atoms with Crippen LogP contribution in [0, 0.1) is 0 Å². The van der Waals surface area contributed by atoms with Gasteiger partial charge < -0.3 is 10.5 Å². The zero-order valence-electron chi connectivity index (χ0n) is 10.2. The molecule has 3 nitrogen and oxygen atoms in total. The van der Waals surface area contributed by atoms with Crippen molar-refractivity contribution in [2.45, 2.75) is 6.61 Å². The molecule has 0 atom stereocenters. The van der Waals surface area contributed by atoms with Gasteiger partial charge in [0.1, 0.15) is 6.61 Å². The van der Waals surface area contributed by atoms with Crippen LogP contribution in [0.5, 0.6) is 0 Å². The molecule has 0 saturated heterocycles. The highest BCUT2D eigenvalue weighted by Gasteiger charge is 2.13. The molecule has 20 heavy (non-hydrogen) atoms. The monoisotopic (exact) mass is 329 g/mol. The maximum Gasteiger partial charge on any atom is 0.340 e. The van der Waals surface area contributed by atoms with Crippen LogP contribution in [0.2, 0.25) is 15.1 Å². The minimum Gasteiger partial charge on any atom is -0.457 e. The van der Waals surface area contributed by atoms with Gasteiger partial charge in [-0.05, 0) is 24.3 Å². The van der Waals surface area contributed by atoms with Gasteiger partial charge in [-0.2, -0.15) is 0 Å². The van der Waals surface area contributed by atoms with Gasteiger partial charge in [0.05, 0.1) is 15.6 Å². The summed E-state index contributed by atoms with van der Waals surface area (Å²) < 4.78 is 5.17. The summed E-state index contributed by atoms with van der Waals surface area (Å²) in [5.74, 6) is -0.546. The second-order valence-electron chi connectivity index (χ2n) is 4.02. The quantitative estimate of drug-likeness (QED) is 0.661. The van der Waals surface area contributed by atoms with E-state index < -0.39 is 5.97 Å². The average molecular weight is 331 g/mol. The number of halogens is 3. The van der Waals surface area contributed by atoms with Crippen molar-refractivity contribution in [3.63, 3.8) is 0 Å². The smallest absolute Gasteiger partial charge is 0.340 e. The Morgan fingerprint density at radius 2 is 1.90 bits per heavy atom. The lowest BCUT2D eigenvalue weighted by Gasteiger charge is -2.09. The molecular weight excluding hydrogens is 321 g/mol. The molecule has 0 aliphatic heterocycles. The van der Waals surface area contributed by atoms with Crippen molar-refractivity contribution < 1.29 is 9.53 Å². The van der Waals surface area contributed by atoms with E-state index >= 15 is 0 Å². The van der Waals surface area contributed by atoms with E-state index in [1.54, 1.807) is 24.3 Å². The van der Waals surface area contributed by atoms with E-state index in [2.05, 4.69) is 0 Å². The van der Waals surface area contributed by atoms with Crippen molar-refractivity contribution >= 4 is 46.5 Å². The molecule has 0 aliphatic rings. The van der Waals surface area contributed by atoms with Gasteiger partial charge in [-0.15, -0.1) is 0 Å². The van der Waals surface area contributed by atoms with Crippen LogP contribution in [0.4, 0.5) is 5.69 Å². The van der Waals surface area contributed by atoms with E-state index in [0.717, 1.165) is 0 Å². The van der Waals surface area contributed by atoms with Gasteiger partial charge in [0, 0.05) is 16.3 Å². The van der Waals surface area contributed by atoms with Crippen LogP contribution in [0.1, 0.15) is 15.9 Å². The van der Waals surface area contributed by atoms with Crippen molar-refractivity contribution in [1.29, 1.82) is 0 Å². The van der Waals surface area contributed by atoms with Gasteiger partial charge >= 0.3 is 5.97 Å². The van der Waals surface area contributed by atoms with E-state index in [4.69, 9.17) is 45.3 Å². The number of benzene rings is 2. The summed E-state index contributed by atoms with van der Waals surface area (Å²) in [4.78, 5) is 11.9. The summed E-state index contributed by atoms with van der Waals surface area (Å²) in [7, 11) is 0. The number of hydrogen-bond acceptors (Lipinski definition) is 3. The van der Waals surface area contributed by atoms with E-state index in [-0.39, 0.29) is 17.9 Å². The fraction of sp³-hybridized carbons (Fsp3) is 0.0714. The second-order valence-corrected chi connectivity index (χ2v) is 5.24. The minimum atomic E-state index is -0.546. The fourth-order valence-electron chi connectivity index (χ4n) is 1.60. The number of carbonyl (C=O) groups excluding carboxylic acids is 1. The van der Waals surface area contributed by atoms with Gasteiger partial charge in [0.15, 0.2) is 0 Å². The molecule has 104 valence electrons. The SMILES string of the molecule is Nc1cc(Cl)ccc1C(=O)OCc1cccc(Cl)c1Cl. The summed E-state index contributed by atoms with van der Waals surface area (Å²) in [5.41, 5.74) is 6.86. The lowest BCUT2D eigenvalue weighted by atomic mass is 10.2. The zero-order chi connectivity index (χ0) is 14.7. The number of nitrogen functional groups attached to an aromatic ring is 1. The molecule has 0 bridgehead atoms. The number of rotatable bonds is 3. The highest BCUT2D eigenvalue weighted by molar-refractivity contribution is 6.42. The third kappa shape index (κ3) is 3.37. The first kappa shape index (κ1) is 15.0. The first-order valence-electron chi connectivity index (χ1n) is 5.64. The Balaban J connectivity index is 2.11. The molecule has 2 aromatic carbocycles. The number of ether oxygens (including phenoxy) is 1. The maximum atomic E-state index is 11.9. The van der Waals surface area contributed by atoms with Crippen LogP contribution >= 0.6 is 34.8 Å². The van der Waals surface area contributed by atoms with Crippen LogP contribution in [-0.2, 0) is 11.3 Å².